The van der Waals surface area contributed by atoms with Crippen LogP contribution in [0.15, 0.2) is 12.7 Å². The van der Waals surface area contributed by atoms with Crippen LogP contribution >= 0.6 is 0 Å². The van der Waals surface area contributed by atoms with Gasteiger partial charge in [0.25, 0.3) is 0 Å². The fourth-order valence-corrected chi connectivity index (χ4v) is 1.26. The molecule has 0 aromatic rings. The number of esters is 1. The maximum absolute atomic E-state index is 10.9. The Kier molecular flexibility index (Phi) is 4.62. The number of carbonyl (C=O) groups is 1. The second-order valence-electron chi connectivity index (χ2n) is 3.23. The van der Waals surface area contributed by atoms with Gasteiger partial charge in [0.2, 0.25) is 6.29 Å². The minimum atomic E-state index is -0.601. The number of rotatable bonds is 2. The van der Waals surface area contributed by atoms with Gasteiger partial charge in [-0.25, -0.2) is 4.79 Å². The summed E-state index contributed by atoms with van der Waals surface area (Å²) < 4.78 is 15.6. The van der Waals surface area contributed by atoms with Crippen molar-refractivity contribution in [1.29, 1.82) is 0 Å². The number of ether oxygens (including phenoxy) is 3. The van der Waals surface area contributed by atoms with E-state index < -0.39 is 12.3 Å². The van der Waals surface area contributed by atoms with Crippen LogP contribution in [0.4, 0.5) is 0 Å². The van der Waals surface area contributed by atoms with Crippen LogP contribution < -0.4 is 0 Å². The van der Waals surface area contributed by atoms with E-state index in [-0.39, 0.29) is 6.10 Å². The van der Waals surface area contributed by atoms with Gasteiger partial charge in [0, 0.05) is 12.7 Å². The van der Waals surface area contributed by atoms with Gasteiger partial charge < -0.3 is 14.2 Å². The quantitative estimate of drug-likeness (QED) is 0.497. The van der Waals surface area contributed by atoms with Crippen LogP contribution in [-0.2, 0) is 19.0 Å². The summed E-state index contributed by atoms with van der Waals surface area (Å²) in [4.78, 5) is 10.9. The smallest absolute Gasteiger partial charge is 0.332 e. The Bertz CT molecular complexity index is 202. The molecule has 1 saturated heterocycles. The van der Waals surface area contributed by atoms with E-state index in [2.05, 4.69) is 6.58 Å². The van der Waals surface area contributed by atoms with Crippen LogP contribution in [0.1, 0.15) is 19.8 Å². The summed E-state index contributed by atoms with van der Waals surface area (Å²) in [5, 5.41) is 0. The van der Waals surface area contributed by atoms with E-state index in [1.54, 1.807) is 0 Å². The lowest BCUT2D eigenvalue weighted by atomic mass is 10.2. The van der Waals surface area contributed by atoms with Crippen LogP contribution in [0, 0.1) is 0 Å². The van der Waals surface area contributed by atoms with Crippen molar-refractivity contribution in [3.8, 4) is 0 Å². The first-order valence-corrected chi connectivity index (χ1v) is 4.78. The molecule has 0 saturated carbocycles. The third-order valence-corrected chi connectivity index (χ3v) is 1.95. The maximum atomic E-state index is 10.9. The van der Waals surface area contributed by atoms with Crippen molar-refractivity contribution in [3.63, 3.8) is 0 Å². The molecule has 2 unspecified atom stereocenters. The second kappa shape index (κ2) is 5.78. The second-order valence-corrected chi connectivity index (χ2v) is 3.23. The zero-order chi connectivity index (χ0) is 10.4. The molecule has 1 heterocycles. The van der Waals surface area contributed by atoms with Gasteiger partial charge in [-0.05, 0) is 19.8 Å². The normalized spacial score (nSPS) is 28.6. The average molecular weight is 200 g/mol. The van der Waals surface area contributed by atoms with Crippen molar-refractivity contribution in [3.05, 3.63) is 12.7 Å². The Hall–Kier alpha value is -0.870. The van der Waals surface area contributed by atoms with E-state index in [9.17, 15) is 4.79 Å². The Balaban J connectivity index is 2.39. The molecular formula is C10H16O4. The molecule has 0 radical (unpaired) electrons. The fraction of sp³-hybridized carbons (Fsp3) is 0.700. The average Bonchev–Trinajstić information content (AvgIpc) is 2.13. The molecule has 2 atom stereocenters. The highest BCUT2D eigenvalue weighted by molar-refractivity contribution is 5.81. The molecule has 0 bridgehead atoms. The molecule has 80 valence electrons. The van der Waals surface area contributed by atoms with Gasteiger partial charge in [-0.15, -0.1) is 0 Å². The summed E-state index contributed by atoms with van der Waals surface area (Å²) in [6, 6.07) is 0. The third kappa shape index (κ3) is 3.89. The standard InChI is InChI=1S/C10H16O4/c1-3-9(11)14-10-7-12-6-4-5-8(2)13-10/h3,8,10H,1,4-7H2,2H3. The van der Waals surface area contributed by atoms with E-state index in [1.807, 2.05) is 6.92 Å². The Morgan fingerprint density at radius 2 is 2.43 bits per heavy atom. The van der Waals surface area contributed by atoms with Crippen LogP contribution in [0.2, 0.25) is 0 Å². The van der Waals surface area contributed by atoms with Crippen LogP contribution in [0.25, 0.3) is 0 Å². The summed E-state index contributed by atoms with van der Waals surface area (Å²) in [7, 11) is 0. The van der Waals surface area contributed by atoms with Gasteiger partial charge in [0.15, 0.2) is 0 Å². The number of hydrogen-bond acceptors (Lipinski definition) is 4. The van der Waals surface area contributed by atoms with Crippen LogP contribution in [0.5, 0.6) is 0 Å². The molecule has 0 spiro atoms. The fourth-order valence-electron chi connectivity index (χ4n) is 1.26. The topological polar surface area (TPSA) is 44.8 Å². The highest BCUT2D eigenvalue weighted by Gasteiger charge is 2.19. The molecule has 0 N–H and O–H groups in total. The molecule has 14 heavy (non-hydrogen) atoms. The maximum Gasteiger partial charge on any atom is 0.332 e. The zero-order valence-electron chi connectivity index (χ0n) is 8.40. The molecule has 0 aromatic heterocycles. The van der Waals surface area contributed by atoms with Crippen molar-refractivity contribution >= 4 is 5.97 Å². The summed E-state index contributed by atoms with van der Waals surface area (Å²) in [6.45, 7) is 6.26. The predicted molar refractivity (Wildman–Crippen MR) is 50.7 cm³/mol. The van der Waals surface area contributed by atoms with Gasteiger partial charge in [-0.1, -0.05) is 6.58 Å². The van der Waals surface area contributed by atoms with Gasteiger partial charge in [0.1, 0.15) is 6.61 Å². The lowest BCUT2D eigenvalue weighted by molar-refractivity contribution is -0.203. The monoisotopic (exact) mass is 200 g/mol. The molecule has 1 aliphatic rings. The predicted octanol–water partition coefficient (Wildman–Crippen LogP) is 1.26. The van der Waals surface area contributed by atoms with E-state index in [0.717, 1.165) is 18.9 Å². The zero-order valence-corrected chi connectivity index (χ0v) is 8.40. The first-order valence-electron chi connectivity index (χ1n) is 4.78. The number of carbonyl (C=O) groups excluding carboxylic acids is 1. The molecule has 1 fully saturated rings. The molecule has 0 aromatic carbocycles. The van der Waals surface area contributed by atoms with Gasteiger partial charge in [0.05, 0.1) is 6.10 Å². The minimum absolute atomic E-state index is 0.0986. The Morgan fingerprint density at radius 3 is 3.14 bits per heavy atom. The Labute approximate surface area is 83.8 Å². The van der Waals surface area contributed by atoms with Gasteiger partial charge in [-0.2, -0.15) is 0 Å². The summed E-state index contributed by atoms with van der Waals surface area (Å²) >= 11 is 0. The third-order valence-electron chi connectivity index (χ3n) is 1.95. The van der Waals surface area contributed by atoms with E-state index in [4.69, 9.17) is 14.2 Å². The van der Waals surface area contributed by atoms with E-state index in [0.29, 0.717) is 13.2 Å². The lowest BCUT2D eigenvalue weighted by Gasteiger charge is -2.24. The molecule has 1 rings (SSSR count). The molecule has 4 nitrogen and oxygen atoms in total. The van der Waals surface area contributed by atoms with Crippen LogP contribution in [-0.4, -0.2) is 31.6 Å². The van der Waals surface area contributed by atoms with Crippen molar-refractivity contribution < 1.29 is 19.0 Å². The first kappa shape index (κ1) is 11.2. The summed E-state index contributed by atoms with van der Waals surface area (Å²) in [5.74, 6) is -0.480. The van der Waals surface area contributed by atoms with Crippen molar-refractivity contribution in [2.75, 3.05) is 13.2 Å². The molecule has 4 heteroatoms. The van der Waals surface area contributed by atoms with Gasteiger partial charge >= 0.3 is 5.97 Å². The molecule has 1 aliphatic heterocycles. The molecular weight excluding hydrogens is 184 g/mol. The molecule has 0 aliphatic carbocycles. The number of hydrogen-bond donors (Lipinski definition) is 0. The van der Waals surface area contributed by atoms with Crippen molar-refractivity contribution in [1.82, 2.24) is 0 Å². The highest BCUT2D eigenvalue weighted by atomic mass is 16.7. The first-order chi connectivity index (χ1) is 6.72. The van der Waals surface area contributed by atoms with Gasteiger partial charge in [-0.3, -0.25) is 0 Å². The SMILES string of the molecule is C=CC(=O)OC1COCCCC(C)O1. The van der Waals surface area contributed by atoms with Crippen molar-refractivity contribution in [2.24, 2.45) is 0 Å². The summed E-state index contributed by atoms with van der Waals surface area (Å²) in [6.07, 6.45) is 2.51. The van der Waals surface area contributed by atoms with E-state index >= 15 is 0 Å². The van der Waals surface area contributed by atoms with E-state index in [1.165, 1.54) is 0 Å². The highest BCUT2D eigenvalue weighted by Crippen LogP contribution is 2.11. The largest absolute Gasteiger partial charge is 0.430 e. The molecule has 0 amide bonds. The Morgan fingerprint density at radius 1 is 1.64 bits per heavy atom. The lowest BCUT2D eigenvalue weighted by Crippen LogP contribution is -2.31. The summed E-state index contributed by atoms with van der Waals surface area (Å²) in [5.41, 5.74) is 0. The van der Waals surface area contributed by atoms with Crippen molar-refractivity contribution in [2.45, 2.75) is 32.2 Å². The van der Waals surface area contributed by atoms with Crippen LogP contribution in [0.3, 0.4) is 0 Å². The minimum Gasteiger partial charge on any atom is -0.430 e.